The molecule has 0 bridgehead atoms. The number of amidine groups is 1. The Bertz CT molecular complexity index is 135. The SMILES string of the molecule is C/C=C\C(=N)C(=N)N. The van der Waals surface area contributed by atoms with Gasteiger partial charge in [0.25, 0.3) is 0 Å². The molecule has 0 radical (unpaired) electrons. The molecular weight excluding hydrogens is 102 g/mol. The Morgan fingerprint density at radius 2 is 2.00 bits per heavy atom. The summed E-state index contributed by atoms with van der Waals surface area (Å²) < 4.78 is 0. The Labute approximate surface area is 48.2 Å². The molecule has 0 saturated carbocycles. The molecule has 0 unspecified atom stereocenters. The van der Waals surface area contributed by atoms with Crippen LogP contribution in [0.1, 0.15) is 6.92 Å². The van der Waals surface area contributed by atoms with Gasteiger partial charge < -0.3 is 5.73 Å². The second-order valence-corrected chi connectivity index (χ2v) is 1.33. The molecular formula is C5H9N3. The number of hydrogen-bond donors (Lipinski definition) is 3. The Balaban J connectivity index is 3.85. The minimum Gasteiger partial charge on any atom is -0.382 e. The van der Waals surface area contributed by atoms with Gasteiger partial charge in [-0.25, -0.2) is 0 Å². The maximum atomic E-state index is 6.91. The first-order valence-electron chi connectivity index (χ1n) is 2.24. The lowest BCUT2D eigenvalue weighted by atomic mass is 10.3. The quantitative estimate of drug-likeness (QED) is 0.352. The van der Waals surface area contributed by atoms with Crippen molar-refractivity contribution in [3.63, 3.8) is 0 Å². The average Bonchev–Trinajstić information content (AvgIpc) is 1.67. The van der Waals surface area contributed by atoms with Crippen molar-refractivity contribution in [2.75, 3.05) is 0 Å². The van der Waals surface area contributed by atoms with E-state index in [9.17, 15) is 0 Å². The van der Waals surface area contributed by atoms with Crippen molar-refractivity contribution in [2.24, 2.45) is 5.73 Å². The van der Waals surface area contributed by atoms with Crippen LogP contribution in [0.5, 0.6) is 0 Å². The minimum atomic E-state index is -0.192. The van der Waals surface area contributed by atoms with E-state index in [-0.39, 0.29) is 11.5 Å². The third-order valence-corrected chi connectivity index (χ3v) is 0.624. The summed E-state index contributed by atoms with van der Waals surface area (Å²) in [7, 11) is 0. The summed E-state index contributed by atoms with van der Waals surface area (Å²) in [6.45, 7) is 1.78. The Kier molecular flexibility index (Phi) is 2.54. The van der Waals surface area contributed by atoms with Crippen molar-refractivity contribution in [2.45, 2.75) is 6.92 Å². The van der Waals surface area contributed by atoms with Crippen molar-refractivity contribution in [1.29, 1.82) is 10.8 Å². The van der Waals surface area contributed by atoms with Gasteiger partial charge >= 0.3 is 0 Å². The maximum absolute atomic E-state index is 6.91. The molecule has 44 valence electrons. The number of nitrogens with one attached hydrogen (secondary N) is 2. The van der Waals surface area contributed by atoms with Gasteiger partial charge in [-0.1, -0.05) is 6.08 Å². The summed E-state index contributed by atoms with van der Waals surface area (Å²) >= 11 is 0. The monoisotopic (exact) mass is 111 g/mol. The minimum absolute atomic E-state index is 0.0625. The van der Waals surface area contributed by atoms with Crippen LogP contribution in [-0.2, 0) is 0 Å². The highest BCUT2D eigenvalue weighted by atomic mass is 14.7. The highest BCUT2D eigenvalue weighted by Gasteiger charge is 1.89. The van der Waals surface area contributed by atoms with E-state index in [4.69, 9.17) is 16.6 Å². The normalized spacial score (nSPS) is 9.62. The van der Waals surface area contributed by atoms with Gasteiger partial charge in [-0.3, -0.25) is 10.8 Å². The molecule has 8 heavy (non-hydrogen) atoms. The van der Waals surface area contributed by atoms with Crippen LogP contribution in [0.3, 0.4) is 0 Å². The largest absolute Gasteiger partial charge is 0.382 e. The maximum Gasteiger partial charge on any atom is 0.141 e. The molecule has 0 spiro atoms. The molecule has 4 N–H and O–H groups in total. The van der Waals surface area contributed by atoms with Crippen molar-refractivity contribution >= 4 is 11.5 Å². The highest BCUT2D eigenvalue weighted by Crippen LogP contribution is 1.73. The van der Waals surface area contributed by atoms with E-state index in [1.54, 1.807) is 13.0 Å². The molecule has 0 aromatic rings. The average molecular weight is 111 g/mol. The summed E-state index contributed by atoms with van der Waals surface area (Å²) in [6.07, 6.45) is 3.14. The van der Waals surface area contributed by atoms with Gasteiger partial charge in [0, 0.05) is 0 Å². The lowest BCUT2D eigenvalue weighted by molar-refractivity contribution is 1.44. The van der Waals surface area contributed by atoms with E-state index in [2.05, 4.69) is 0 Å². The predicted octanol–water partition coefficient (Wildman–Crippen LogP) is 0.518. The first kappa shape index (κ1) is 6.88. The molecule has 0 rings (SSSR count). The van der Waals surface area contributed by atoms with Crippen LogP contribution in [0.25, 0.3) is 0 Å². The molecule has 3 heteroatoms. The summed E-state index contributed by atoms with van der Waals surface area (Å²) in [6, 6.07) is 0. The van der Waals surface area contributed by atoms with Crippen LogP contribution in [0.15, 0.2) is 12.2 Å². The number of nitrogens with two attached hydrogens (primary N) is 1. The van der Waals surface area contributed by atoms with E-state index >= 15 is 0 Å². The first-order chi connectivity index (χ1) is 3.68. The van der Waals surface area contributed by atoms with E-state index in [0.29, 0.717) is 0 Å². The fourth-order valence-electron chi connectivity index (χ4n) is 0.256. The van der Waals surface area contributed by atoms with Crippen molar-refractivity contribution in [3.8, 4) is 0 Å². The lowest BCUT2D eigenvalue weighted by Gasteiger charge is -1.88. The molecule has 0 aromatic carbocycles. The van der Waals surface area contributed by atoms with Crippen LogP contribution in [0, 0.1) is 10.8 Å². The molecule has 0 amide bonds. The van der Waals surface area contributed by atoms with Crippen LogP contribution in [0.4, 0.5) is 0 Å². The van der Waals surface area contributed by atoms with Gasteiger partial charge in [0.15, 0.2) is 0 Å². The van der Waals surface area contributed by atoms with Crippen molar-refractivity contribution < 1.29 is 0 Å². The molecule has 0 aliphatic rings. The zero-order chi connectivity index (χ0) is 6.57. The molecule has 0 atom stereocenters. The van der Waals surface area contributed by atoms with Crippen LogP contribution < -0.4 is 5.73 Å². The zero-order valence-electron chi connectivity index (χ0n) is 4.73. The van der Waals surface area contributed by atoms with Crippen LogP contribution >= 0.6 is 0 Å². The fraction of sp³-hybridized carbons (Fsp3) is 0.200. The third-order valence-electron chi connectivity index (χ3n) is 0.624. The second-order valence-electron chi connectivity index (χ2n) is 1.33. The first-order valence-corrected chi connectivity index (χ1v) is 2.24. The summed E-state index contributed by atoms with van der Waals surface area (Å²) in [5.41, 5.74) is 4.99. The van der Waals surface area contributed by atoms with E-state index in [1.165, 1.54) is 6.08 Å². The van der Waals surface area contributed by atoms with Gasteiger partial charge in [0.05, 0.1) is 5.71 Å². The lowest BCUT2D eigenvalue weighted by Crippen LogP contribution is -2.18. The zero-order valence-corrected chi connectivity index (χ0v) is 4.73. The predicted molar refractivity (Wildman–Crippen MR) is 34.5 cm³/mol. The third kappa shape index (κ3) is 2.12. The standard InChI is InChI=1S/C5H9N3/c1-2-3-4(6)5(7)8/h2-3,6H,1H3,(H3,7,8)/b3-2-,6-4?. The molecule has 0 aromatic heterocycles. The van der Waals surface area contributed by atoms with Crippen molar-refractivity contribution in [3.05, 3.63) is 12.2 Å². The Hall–Kier alpha value is -1.12. The number of hydrogen-bond acceptors (Lipinski definition) is 2. The van der Waals surface area contributed by atoms with Gasteiger partial charge in [-0.15, -0.1) is 0 Å². The Morgan fingerprint density at radius 1 is 1.50 bits per heavy atom. The van der Waals surface area contributed by atoms with Crippen molar-refractivity contribution in [1.82, 2.24) is 0 Å². The molecule has 0 aliphatic carbocycles. The molecule has 0 saturated heterocycles. The van der Waals surface area contributed by atoms with Gasteiger partial charge in [0.2, 0.25) is 0 Å². The number of allylic oxidation sites excluding steroid dienone is 1. The summed E-state index contributed by atoms with van der Waals surface area (Å²) in [5, 5.41) is 13.6. The van der Waals surface area contributed by atoms with E-state index in [1.807, 2.05) is 0 Å². The summed E-state index contributed by atoms with van der Waals surface area (Å²) in [5.74, 6) is -0.192. The molecule has 0 aliphatic heterocycles. The highest BCUT2D eigenvalue weighted by molar-refractivity contribution is 6.42. The van der Waals surface area contributed by atoms with Crippen LogP contribution in [-0.4, -0.2) is 11.5 Å². The van der Waals surface area contributed by atoms with Gasteiger partial charge in [-0.2, -0.15) is 0 Å². The second kappa shape index (κ2) is 2.96. The van der Waals surface area contributed by atoms with Gasteiger partial charge in [-0.05, 0) is 13.0 Å². The molecule has 0 fully saturated rings. The van der Waals surface area contributed by atoms with Crippen LogP contribution in [0.2, 0.25) is 0 Å². The fourth-order valence-corrected chi connectivity index (χ4v) is 0.256. The van der Waals surface area contributed by atoms with E-state index < -0.39 is 0 Å². The van der Waals surface area contributed by atoms with E-state index in [0.717, 1.165) is 0 Å². The number of rotatable bonds is 2. The Morgan fingerprint density at radius 3 is 2.12 bits per heavy atom. The molecule has 3 nitrogen and oxygen atoms in total. The molecule has 0 heterocycles. The van der Waals surface area contributed by atoms with Gasteiger partial charge in [0.1, 0.15) is 5.84 Å². The smallest absolute Gasteiger partial charge is 0.141 e. The topological polar surface area (TPSA) is 73.7 Å². The summed E-state index contributed by atoms with van der Waals surface area (Å²) in [4.78, 5) is 0.